The van der Waals surface area contributed by atoms with E-state index in [9.17, 15) is 18.0 Å². The van der Waals surface area contributed by atoms with Crippen LogP contribution in [-0.4, -0.2) is 33.3 Å². The van der Waals surface area contributed by atoms with E-state index in [0.717, 1.165) is 30.8 Å². The second-order valence-corrected chi connectivity index (χ2v) is 8.13. The third-order valence-corrected chi connectivity index (χ3v) is 5.99. The molecule has 3 heterocycles. The molecule has 6 nitrogen and oxygen atoms in total. The summed E-state index contributed by atoms with van der Waals surface area (Å²) < 4.78 is 42.3. The first-order valence-electron chi connectivity index (χ1n) is 10.3. The molecule has 0 radical (unpaired) electrons. The van der Waals surface area contributed by atoms with Crippen molar-refractivity contribution >= 4 is 23.1 Å². The Hall–Kier alpha value is -3.49. The average Bonchev–Trinajstić information content (AvgIpc) is 3.38. The summed E-state index contributed by atoms with van der Waals surface area (Å²) in [6, 6.07) is 10.0. The third kappa shape index (κ3) is 3.28. The van der Waals surface area contributed by atoms with Crippen molar-refractivity contribution in [3.05, 3.63) is 71.7 Å². The first-order valence-corrected chi connectivity index (χ1v) is 10.3. The molecule has 1 aromatic carbocycles. The first kappa shape index (κ1) is 20.4. The highest BCUT2D eigenvalue weighted by molar-refractivity contribution is 6.02. The summed E-state index contributed by atoms with van der Waals surface area (Å²) in [5.74, 6) is -3.19. The van der Waals surface area contributed by atoms with Crippen molar-refractivity contribution in [2.24, 2.45) is 0 Å². The van der Waals surface area contributed by atoms with Gasteiger partial charge in [0.05, 0.1) is 17.1 Å². The van der Waals surface area contributed by atoms with Crippen LogP contribution in [0.15, 0.2) is 48.7 Å². The largest absolute Gasteiger partial charge is 0.325 e. The lowest BCUT2D eigenvalue weighted by atomic mass is 9.97. The number of hydrogen-bond donors (Lipinski definition) is 1. The van der Waals surface area contributed by atoms with Gasteiger partial charge in [0.2, 0.25) is 5.91 Å². The highest BCUT2D eigenvalue weighted by atomic mass is 19.3. The van der Waals surface area contributed by atoms with Crippen molar-refractivity contribution in [2.75, 3.05) is 16.8 Å². The molecule has 0 spiro atoms. The smallest absolute Gasteiger partial charge is 0.269 e. The maximum atomic E-state index is 14.6. The van der Waals surface area contributed by atoms with E-state index in [0.29, 0.717) is 23.8 Å². The van der Waals surface area contributed by atoms with Crippen LogP contribution < -0.4 is 10.2 Å². The molecule has 1 fully saturated rings. The maximum Gasteiger partial charge on any atom is 0.269 e. The molecule has 3 aromatic rings. The van der Waals surface area contributed by atoms with Crippen LogP contribution in [-0.2, 0) is 16.6 Å². The Morgan fingerprint density at radius 1 is 1.09 bits per heavy atom. The van der Waals surface area contributed by atoms with Crippen molar-refractivity contribution in [1.29, 1.82) is 0 Å². The van der Waals surface area contributed by atoms with Crippen LogP contribution in [0.5, 0.6) is 0 Å². The van der Waals surface area contributed by atoms with E-state index < -0.39 is 29.5 Å². The number of pyridine rings is 1. The summed E-state index contributed by atoms with van der Waals surface area (Å²) in [5, 5.41) is 2.49. The van der Waals surface area contributed by atoms with E-state index in [1.54, 1.807) is 25.3 Å². The van der Waals surface area contributed by atoms with Gasteiger partial charge in [-0.05, 0) is 62.2 Å². The van der Waals surface area contributed by atoms with Gasteiger partial charge >= 0.3 is 0 Å². The van der Waals surface area contributed by atoms with Gasteiger partial charge in [0.25, 0.3) is 5.92 Å². The molecule has 1 unspecified atom stereocenters. The van der Waals surface area contributed by atoms with Gasteiger partial charge in [0.15, 0.2) is 5.41 Å². The zero-order chi connectivity index (χ0) is 22.5. The number of halogens is 3. The molecular formula is C23H20F3N5O. The van der Waals surface area contributed by atoms with Gasteiger partial charge in [0.1, 0.15) is 17.5 Å². The number of rotatable bonds is 4. The van der Waals surface area contributed by atoms with Crippen LogP contribution in [0.4, 0.5) is 30.4 Å². The summed E-state index contributed by atoms with van der Waals surface area (Å²) in [5.41, 5.74) is -0.300. The predicted molar refractivity (Wildman–Crippen MR) is 113 cm³/mol. The topological polar surface area (TPSA) is 71.0 Å². The quantitative estimate of drug-likeness (QED) is 0.656. The summed E-state index contributed by atoms with van der Waals surface area (Å²) in [4.78, 5) is 28.0. The summed E-state index contributed by atoms with van der Waals surface area (Å²) in [7, 11) is 0. The number of benzene rings is 1. The zero-order valence-electron chi connectivity index (χ0n) is 17.3. The fraction of sp³-hybridized carbons (Fsp3) is 0.304. The molecule has 5 rings (SSSR count). The van der Waals surface area contributed by atoms with Crippen LogP contribution in [0.2, 0.25) is 0 Å². The Kier molecular flexibility index (Phi) is 4.65. The Morgan fingerprint density at radius 3 is 2.53 bits per heavy atom. The lowest BCUT2D eigenvalue weighted by Crippen LogP contribution is -2.35. The Labute approximate surface area is 182 Å². The molecular weight excluding hydrogens is 419 g/mol. The van der Waals surface area contributed by atoms with E-state index in [-0.39, 0.29) is 11.4 Å². The first-order chi connectivity index (χ1) is 15.3. The van der Waals surface area contributed by atoms with Gasteiger partial charge in [-0.15, -0.1) is 0 Å². The second-order valence-electron chi connectivity index (χ2n) is 8.13. The molecule has 1 atom stereocenters. The van der Waals surface area contributed by atoms with E-state index >= 15 is 0 Å². The molecule has 1 aliphatic heterocycles. The number of alkyl halides is 2. The van der Waals surface area contributed by atoms with Gasteiger partial charge in [0, 0.05) is 24.8 Å². The van der Waals surface area contributed by atoms with Crippen LogP contribution in [0.25, 0.3) is 0 Å². The Balaban J connectivity index is 1.48. The number of amides is 1. The number of aromatic nitrogens is 3. The van der Waals surface area contributed by atoms with Crippen molar-refractivity contribution in [3.63, 3.8) is 0 Å². The molecule has 2 aromatic heterocycles. The molecule has 32 heavy (non-hydrogen) atoms. The zero-order valence-corrected chi connectivity index (χ0v) is 17.3. The molecule has 1 saturated carbocycles. The van der Waals surface area contributed by atoms with Gasteiger partial charge in [-0.1, -0.05) is 0 Å². The average molecular weight is 439 g/mol. The molecule has 1 amide bonds. The van der Waals surface area contributed by atoms with Crippen LogP contribution >= 0.6 is 0 Å². The molecule has 2 aliphatic rings. The van der Waals surface area contributed by atoms with E-state index in [2.05, 4.69) is 20.3 Å². The summed E-state index contributed by atoms with van der Waals surface area (Å²) in [6.45, 7) is 2.52. The lowest BCUT2D eigenvalue weighted by Gasteiger charge is -2.30. The number of carbonyl (C=O) groups is 1. The summed E-state index contributed by atoms with van der Waals surface area (Å²) in [6.07, 6.45) is 2.45. The molecule has 164 valence electrons. The van der Waals surface area contributed by atoms with Crippen molar-refractivity contribution in [2.45, 2.75) is 37.5 Å². The predicted octanol–water partition coefficient (Wildman–Crippen LogP) is 4.32. The van der Waals surface area contributed by atoms with Crippen LogP contribution in [0.1, 0.15) is 30.1 Å². The van der Waals surface area contributed by atoms with Gasteiger partial charge in [-0.2, -0.15) is 0 Å². The second kappa shape index (κ2) is 7.29. The molecule has 9 heteroatoms. The third-order valence-electron chi connectivity index (χ3n) is 5.99. The van der Waals surface area contributed by atoms with Crippen molar-refractivity contribution in [1.82, 2.24) is 15.0 Å². The van der Waals surface area contributed by atoms with E-state index in [4.69, 9.17) is 0 Å². The number of fused-ring (bicyclic) bond motifs is 1. The summed E-state index contributed by atoms with van der Waals surface area (Å²) >= 11 is 0. The fourth-order valence-electron chi connectivity index (χ4n) is 4.22. The molecule has 1 N–H and O–H groups in total. The minimum absolute atomic E-state index is 0.0431. The van der Waals surface area contributed by atoms with Crippen LogP contribution in [0.3, 0.4) is 0 Å². The number of nitrogens with one attached hydrogen (secondary N) is 1. The highest BCUT2D eigenvalue weighted by Crippen LogP contribution is 2.61. The molecule has 1 aliphatic carbocycles. The normalized spacial score (nSPS) is 21.1. The SMILES string of the molecule is Cc1nccc(N2CCCc3nc(C4(C(=O)Nc5ccc(F)cc5)CC4(F)F)ccc32)n1. The van der Waals surface area contributed by atoms with Gasteiger partial charge in [-0.3, -0.25) is 9.78 Å². The Bertz CT molecular complexity index is 1200. The fourth-order valence-corrected chi connectivity index (χ4v) is 4.22. The van der Waals surface area contributed by atoms with Crippen LogP contribution in [0, 0.1) is 12.7 Å². The van der Waals surface area contributed by atoms with E-state index in [1.165, 1.54) is 18.2 Å². The number of hydrogen-bond acceptors (Lipinski definition) is 5. The van der Waals surface area contributed by atoms with Crippen molar-refractivity contribution < 1.29 is 18.0 Å². The molecule has 0 saturated heterocycles. The minimum atomic E-state index is -3.21. The Morgan fingerprint density at radius 2 is 1.84 bits per heavy atom. The number of anilines is 3. The standard InChI is InChI=1S/C23H20F3N5O/c1-14-27-11-10-20(28-14)31-12-2-3-17-18(31)8-9-19(30-17)22(13-23(22,25)26)21(32)29-16-6-4-15(24)5-7-16/h4-11H,2-3,12-13H2,1H3,(H,29,32). The maximum absolute atomic E-state index is 14.6. The minimum Gasteiger partial charge on any atom is -0.325 e. The molecule has 0 bridgehead atoms. The highest BCUT2D eigenvalue weighted by Gasteiger charge is 2.77. The number of carbonyl (C=O) groups excluding carboxylic acids is 1. The number of aryl methyl sites for hydroxylation is 2. The number of nitrogens with zero attached hydrogens (tertiary/aromatic N) is 4. The van der Waals surface area contributed by atoms with Gasteiger partial charge in [-0.25, -0.2) is 23.1 Å². The van der Waals surface area contributed by atoms with Crippen molar-refractivity contribution in [3.8, 4) is 0 Å². The lowest BCUT2D eigenvalue weighted by molar-refractivity contribution is -0.121. The monoisotopic (exact) mass is 439 g/mol. The van der Waals surface area contributed by atoms with Gasteiger partial charge < -0.3 is 10.2 Å². The van der Waals surface area contributed by atoms with E-state index in [1.807, 2.05) is 4.90 Å².